The molecule has 3 nitrogen and oxygen atoms in total. The quantitative estimate of drug-likeness (QED) is 0.662. The van der Waals surface area contributed by atoms with Crippen LogP contribution in [0.15, 0.2) is 59.3 Å². The van der Waals surface area contributed by atoms with Crippen LogP contribution in [0.5, 0.6) is 0 Å². The van der Waals surface area contributed by atoms with Gasteiger partial charge in [0.1, 0.15) is 0 Å². The van der Waals surface area contributed by atoms with Gasteiger partial charge in [0.2, 0.25) is 5.91 Å². The molecule has 0 atom stereocenters. The number of carbonyl (C=O) groups is 1. The summed E-state index contributed by atoms with van der Waals surface area (Å²) in [6.07, 6.45) is 0. The number of nitrogens with zero attached hydrogens (tertiary/aromatic N) is 1. The highest BCUT2D eigenvalue weighted by atomic mass is 32.1. The highest BCUT2D eigenvalue weighted by molar-refractivity contribution is 7.10. The number of rotatable bonds is 7. The van der Waals surface area contributed by atoms with Crippen LogP contribution < -0.4 is 5.32 Å². The van der Waals surface area contributed by atoms with Gasteiger partial charge in [-0.05, 0) is 47.5 Å². The van der Waals surface area contributed by atoms with Crippen molar-refractivity contribution in [1.29, 1.82) is 0 Å². The Morgan fingerprint density at radius 2 is 1.67 bits per heavy atom. The third-order valence-electron chi connectivity index (χ3n) is 3.59. The van der Waals surface area contributed by atoms with Crippen LogP contribution in [0.2, 0.25) is 0 Å². The Hall–Kier alpha value is -1.95. The molecule has 0 unspecified atom stereocenters. The van der Waals surface area contributed by atoms with E-state index in [0.29, 0.717) is 6.54 Å². The number of aryl methyl sites for hydroxylation is 1. The van der Waals surface area contributed by atoms with E-state index in [9.17, 15) is 4.79 Å². The molecule has 24 heavy (non-hydrogen) atoms. The molecule has 5 heteroatoms. The van der Waals surface area contributed by atoms with E-state index in [1.165, 1.54) is 9.75 Å². The maximum absolute atomic E-state index is 12.4. The molecule has 0 aliphatic heterocycles. The summed E-state index contributed by atoms with van der Waals surface area (Å²) in [4.78, 5) is 17.2. The predicted molar refractivity (Wildman–Crippen MR) is 103 cm³/mol. The molecule has 0 aliphatic carbocycles. The number of benzene rings is 1. The maximum atomic E-state index is 12.4. The predicted octanol–water partition coefficient (Wildman–Crippen LogP) is 4.76. The number of amides is 1. The highest BCUT2D eigenvalue weighted by Crippen LogP contribution is 2.17. The number of thiophene rings is 2. The summed E-state index contributed by atoms with van der Waals surface area (Å²) in [6, 6.07) is 16.2. The highest BCUT2D eigenvalue weighted by Gasteiger charge is 2.13. The van der Waals surface area contributed by atoms with Crippen LogP contribution in [0.25, 0.3) is 0 Å². The van der Waals surface area contributed by atoms with Crippen LogP contribution in [0.4, 0.5) is 5.69 Å². The minimum Gasteiger partial charge on any atom is -0.325 e. The van der Waals surface area contributed by atoms with Gasteiger partial charge in [-0.25, -0.2) is 0 Å². The van der Waals surface area contributed by atoms with Crippen LogP contribution in [0.3, 0.4) is 0 Å². The smallest absolute Gasteiger partial charge is 0.238 e. The second-order valence-electron chi connectivity index (χ2n) is 5.72. The van der Waals surface area contributed by atoms with E-state index in [1.807, 2.05) is 31.2 Å². The monoisotopic (exact) mass is 356 g/mol. The van der Waals surface area contributed by atoms with Gasteiger partial charge in [-0.1, -0.05) is 24.3 Å². The first-order valence-electron chi connectivity index (χ1n) is 7.83. The number of nitrogens with one attached hydrogen (secondary N) is 1. The lowest BCUT2D eigenvalue weighted by Gasteiger charge is -2.20. The van der Waals surface area contributed by atoms with Crippen molar-refractivity contribution in [3.8, 4) is 0 Å². The Labute approximate surface area is 150 Å². The topological polar surface area (TPSA) is 32.3 Å². The van der Waals surface area contributed by atoms with E-state index >= 15 is 0 Å². The normalized spacial score (nSPS) is 10.9. The molecule has 0 saturated heterocycles. The van der Waals surface area contributed by atoms with Crippen LogP contribution in [-0.2, 0) is 17.9 Å². The summed E-state index contributed by atoms with van der Waals surface area (Å²) in [5.74, 6) is 0.0220. The van der Waals surface area contributed by atoms with Gasteiger partial charge in [0.05, 0.1) is 6.54 Å². The van der Waals surface area contributed by atoms with E-state index in [2.05, 4.69) is 45.2 Å². The molecule has 2 aromatic heterocycles. The van der Waals surface area contributed by atoms with Gasteiger partial charge in [0.25, 0.3) is 0 Å². The zero-order chi connectivity index (χ0) is 16.8. The summed E-state index contributed by atoms with van der Waals surface area (Å²) in [5, 5.41) is 7.15. The van der Waals surface area contributed by atoms with Gasteiger partial charge in [0.15, 0.2) is 0 Å². The molecule has 0 radical (unpaired) electrons. The average molecular weight is 357 g/mol. The van der Waals surface area contributed by atoms with Crippen molar-refractivity contribution in [3.05, 3.63) is 74.6 Å². The van der Waals surface area contributed by atoms with Crippen molar-refractivity contribution in [2.75, 3.05) is 11.9 Å². The molecule has 0 aliphatic rings. The molecule has 1 N–H and O–H groups in total. The summed E-state index contributed by atoms with van der Waals surface area (Å²) in [5.41, 5.74) is 1.99. The van der Waals surface area contributed by atoms with E-state index in [4.69, 9.17) is 0 Å². The molecule has 0 spiro atoms. The number of hydrogen-bond acceptors (Lipinski definition) is 4. The number of hydrogen-bond donors (Lipinski definition) is 1. The fourth-order valence-corrected chi connectivity index (χ4v) is 4.03. The van der Waals surface area contributed by atoms with E-state index in [1.54, 1.807) is 22.7 Å². The van der Waals surface area contributed by atoms with E-state index in [0.717, 1.165) is 24.3 Å². The molecule has 1 aromatic carbocycles. The Balaban J connectivity index is 1.64. The van der Waals surface area contributed by atoms with Crippen molar-refractivity contribution in [3.63, 3.8) is 0 Å². The van der Waals surface area contributed by atoms with Gasteiger partial charge in [-0.2, -0.15) is 0 Å². The zero-order valence-corrected chi connectivity index (χ0v) is 15.2. The molecule has 3 aromatic rings. The van der Waals surface area contributed by atoms with Crippen LogP contribution in [0, 0.1) is 6.92 Å². The molecular weight excluding hydrogens is 336 g/mol. The van der Waals surface area contributed by atoms with Crippen LogP contribution in [-0.4, -0.2) is 17.4 Å². The minimum absolute atomic E-state index is 0.0220. The first kappa shape index (κ1) is 16.9. The van der Waals surface area contributed by atoms with Crippen molar-refractivity contribution >= 4 is 34.3 Å². The van der Waals surface area contributed by atoms with Crippen LogP contribution >= 0.6 is 22.7 Å². The van der Waals surface area contributed by atoms with Crippen molar-refractivity contribution < 1.29 is 4.79 Å². The lowest BCUT2D eigenvalue weighted by molar-refractivity contribution is -0.117. The molecule has 0 bridgehead atoms. The molecule has 1 amide bonds. The Morgan fingerprint density at radius 3 is 2.21 bits per heavy atom. The SMILES string of the molecule is Cc1cccc(NC(=O)CN(Cc2cccs2)Cc2cccs2)c1. The van der Waals surface area contributed by atoms with Gasteiger partial charge < -0.3 is 5.32 Å². The molecule has 2 heterocycles. The summed E-state index contributed by atoms with van der Waals surface area (Å²) in [7, 11) is 0. The number of carbonyl (C=O) groups excluding carboxylic acids is 1. The molecule has 0 saturated carbocycles. The summed E-state index contributed by atoms with van der Waals surface area (Å²) < 4.78 is 0. The van der Waals surface area contributed by atoms with Gasteiger partial charge in [-0.15, -0.1) is 22.7 Å². The van der Waals surface area contributed by atoms with E-state index < -0.39 is 0 Å². The Morgan fingerprint density at radius 1 is 1.00 bits per heavy atom. The second kappa shape index (κ2) is 8.24. The van der Waals surface area contributed by atoms with Crippen LogP contribution in [0.1, 0.15) is 15.3 Å². The molecule has 3 rings (SSSR count). The minimum atomic E-state index is 0.0220. The van der Waals surface area contributed by atoms with Gasteiger partial charge >= 0.3 is 0 Å². The summed E-state index contributed by atoms with van der Waals surface area (Å²) in [6.45, 7) is 3.98. The third-order valence-corrected chi connectivity index (χ3v) is 5.31. The van der Waals surface area contributed by atoms with Crippen molar-refractivity contribution in [2.24, 2.45) is 0 Å². The van der Waals surface area contributed by atoms with E-state index in [-0.39, 0.29) is 5.91 Å². The second-order valence-corrected chi connectivity index (χ2v) is 7.79. The molecule has 124 valence electrons. The first-order chi connectivity index (χ1) is 11.7. The van der Waals surface area contributed by atoms with Crippen molar-refractivity contribution in [2.45, 2.75) is 20.0 Å². The largest absolute Gasteiger partial charge is 0.325 e. The lowest BCUT2D eigenvalue weighted by Crippen LogP contribution is -2.32. The standard InChI is InChI=1S/C19H20N2OS2/c1-15-5-2-6-16(11-15)20-19(22)14-21(12-17-7-3-9-23-17)13-18-8-4-10-24-18/h2-11H,12-14H2,1H3,(H,20,22). The first-order valence-corrected chi connectivity index (χ1v) is 9.58. The molecule has 0 fully saturated rings. The van der Waals surface area contributed by atoms with Gasteiger partial charge in [-0.3, -0.25) is 9.69 Å². The lowest BCUT2D eigenvalue weighted by atomic mass is 10.2. The number of anilines is 1. The maximum Gasteiger partial charge on any atom is 0.238 e. The Bertz CT molecular complexity index is 730. The van der Waals surface area contributed by atoms with Crippen molar-refractivity contribution in [1.82, 2.24) is 4.90 Å². The zero-order valence-electron chi connectivity index (χ0n) is 13.6. The summed E-state index contributed by atoms with van der Waals surface area (Å²) >= 11 is 3.45. The molecular formula is C19H20N2OS2. The average Bonchev–Trinajstić information content (AvgIpc) is 3.21. The Kier molecular flexibility index (Phi) is 5.80. The van der Waals surface area contributed by atoms with Gasteiger partial charge in [0, 0.05) is 28.5 Å². The fraction of sp³-hybridized carbons (Fsp3) is 0.211. The fourth-order valence-electron chi connectivity index (χ4n) is 2.54. The third kappa shape index (κ3) is 5.03.